The van der Waals surface area contributed by atoms with Gasteiger partial charge in [-0.05, 0) is 57.5 Å². The lowest BCUT2D eigenvalue weighted by atomic mass is 9.79. The number of rotatable bonds is 10. The third-order valence-corrected chi connectivity index (χ3v) is 7.21. The van der Waals surface area contributed by atoms with Crippen molar-refractivity contribution in [2.75, 3.05) is 32.8 Å². The van der Waals surface area contributed by atoms with Gasteiger partial charge in [-0.3, -0.25) is 0 Å². The summed E-state index contributed by atoms with van der Waals surface area (Å²) in [5.41, 5.74) is 4.85. The fourth-order valence-corrected chi connectivity index (χ4v) is 5.43. The summed E-state index contributed by atoms with van der Waals surface area (Å²) in [5.74, 6) is -0.350. The summed E-state index contributed by atoms with van der Waals surface area (Å²) >= 11 is 1.42. The molecule has 0 saturated heterocycles. The molecule has 2 N–H and O–H groups in total. The molecule has 9 nitrogen and oxygen atoms in total. The summed E-state index contributed by atoms with van der Waals surface area (Å²) in [5, 5.41) is 9.13. The molecule has 1 aliphatic heterocycles. The average Bonchev–Trinajstić information content (AvgIpc) is 3.41. The Morgan fingerprint density at radius 1 is 0.950 bits per heavy atom. The predicted molar refractivity (Wildman–Crippen MR) is 155 cm³/mol. The van der Waals surface area contributed by atoms with Crippen LogP contribution in [0.15, 0.2) is 70.4 Å². The largest absolute Gasteiger partial charge is 0.497 e. The zero-order valence-corrected chi connectivity index (χ0v) is 24.2. The van der Waals surface area contributed by atoms with E-state index in [9.17, 15) is 9.59 Å². The highest BCUT2D eigenvalue weighted by Gasteiger charge is 2.39. The molecule has 0 fully saturated rings. The number of ether oxygens (including phenoxy) is 4. The van der Waals surface area contributed by atoms with Gasteiger partial charge in [0.25, 0.3) is 0 Å². The van der Waals surface area contributed by atoms with Crippen LogP contribution in [0.4, 0.5) is 10.8 Å². The van der Waals surface area contributed by atoms with Gasteiger partial charge in [0.2, 0.25) is 0 Å². The molecule has 0 saturated carbocycles. The van der Waals surface area contributed by atoms with Crippen LogP contribution in [-0.4, -0.2) is 44.4 Å². The van der Waals surface area contributed by atoms with Gasteiger partial charge in [-0.2, -0.15) is 0 Å². The van der Waals surface area contributed by atoms with E-state index in [1.165, 1.54) is 11.3 Å². The molecule has 0 spiro atoms. The molecule has 0 amide bonds. The molecule has 2 heterocycles. The number of hydrogen-bond donors (Lipinski definition) is 2. The highest BCUT2D eigenvalue weighted by Crippen LogP contribution is 2.43. The zero-order chi connectivity index (χ0) is 28.8. The first kappa shape index (κ1) is 28.7. The SMILES string of the molecule is CCOC(=O)C1=C(C)NC(C)=C(C(=O)OCC)C1c1ccccc1Nc1nc(-c2cc(OC)ccc2OC)cs1. The summed E-state index contributed by atoms with van der Waals surface area (Å²) in [7, 11) is 3.22. The number of nitrogens with one attached hydrogen (secondary N) is 2. The van der Waals surface area contributed by atoms with Gasteiger partial charge in [0, 0.05) is 28.0 Å². The van der Waals surface area contributed by atoms with E-state index in [-0.39, 0.29) is 13.2 Å². The standard InChI is InChI=1S/C30H33N3O6S/c1-7-38-28(34)25-17(3)31-18(4)26(29(35)39-8-2)27(25)20-11-9-10-12-22(20)32-30-33-23(16-40-30)21-15-19(36-5)13-14-24(21)37-6/h9-16,27,31H,7-8H2,1-6H3,(H,32,33). The minimum atomic E-state index is -0.721. The lowest BCUT2D eigenvalue weighted by molar-refractivity contribution is -0.139. The predicted octanol–water partition coefficient (Wildman–Crippen LogP) is 5.93. The third-order valence-electron chi connectivity index (χ3n) is 6.45. The van der Waals surface area contributed by atoms with E-state index in [0.717, 1.165) is 5.56 Å². The van der Waals surface area contributed by atoms with E-state index in [4.69, 9.17) is 23.9 Å². The molecule has 0 atom stereocenters. The molecule has 0 unspecified atom stereocenters. The van der Waals surface area contributed by atoms with Crippen LogP contribution in [-0.2, 0) is 19.1 Å². The van der Waals surface area contributed by atoms with Crippen molar-refractivity contribution in [1.29, 1.82) is 0 Å². The number of para-hydroxylation sites is 1. The van der Waals surface area contributed by atoms with Crippen molar-refractivity contribution >= 4 is 34.1 Å². The molecular weight excluding hydrogens is 530 g/mol. The molecule has 0 bridgehead atoms. The van der Waals surface area contributed by atoms with E-state index in [1.54, 1.807) is 41.9 Å². The van der Waals surface area contributed by atoms with Crippen molar-refractivity contribution in [1.82, 2.24) is 10.3 Å². The number of dihydropyridines is 1. The number of aromatic nitrogens is 1. The normalized spacial score (nSPS) is 13.6. The van der Waals surface area contributed by atoms with Crippen LogP contribution < -0.4 is 20.1 Å². The van der Waals surface area contributed by atoms with Gasteiger partial charge >= 0.3 is 11.9 Å². The first-order valence-corrected chi connectivity index (χ1v) is 13.8. The zero-order valence-electron chi connectivity index (χ0n) is 23.4. The van der Waals surface area contributed by atoms with Gasteiger partial charge in [0.1, 0.15) is 11.5 Å². The molecule has 1 aliphatic rings. The highest BCUT2D eigenvalue weighted by molar-refractivity contribution is 7.14. The molecule has 40 heavy (non-hydrogen) atoms. The fraction of sp³-hybridized carbons (Fsp3) is 0.300. The first-order valence-electron chi connectivity index (χ1n) is 12.9. The molecular formula is C30H33N3O6S. The number of hydrogen-bond acceptors (Lipinski definition) is 10. The Morgan fingerprint density at radius 3 is 2.20 bits per heavy atom. The van der Waals surface area contributed by atoms with Crippen LogP contribution in [0.1, 0.15) is 39.2 Å². The number of thiazole rings is 1. The quantitative estimate of drug-likeness (QED) is 0.290. The van der Waals surface area contributed by atoms with Crippen molar-refractivity contribution in [3.63, 3.8) is 0 Å². The molecule has 2 aromatic carbocycles. The van der Waals surface area contributed by atoms with Gasteiger partial charge in [0.05, 0.1) is 50.2 Å². The van der Waals surface area contributed by atoms with E-state index in [1.807, 2.05) is 47.8 Å². The summed E-state index contributed by atoms with van der Waals surface area (Å²) in [4.78, 5) is 31.2. The molecule has 10 heteroatoms. The maximum atomic E-state index is 13.2. The number of benzene rings is 2. The van der Waals surface area contributed by atoms with Gasteiger partial charge in [-0.15, -0.1) is 11.3 Å². The van der Waals surface area contributed by atoms with Crippen LogP contribution in [0.3, 0.4) is 0 Å². The number of esters is 2. The summed E-state index contributed by atoms with van der Waals surface area (Å²) in [6.45, 7) is 7.51. The molecule has 0 aliphatic carbocycles. The molecule has 0 radical (unpaired) electrons. The second-order valence-electron chi connectivity index (χ2n) is 8.89. The van der Waals surface area contributed by atoms with E-state index >= 15 is 0 Å². The Balaban J connectivity index is 1.78. The maximum absolute atomic E-state index is 13.2. The number of carbonyl (C=O) groups excluding carboxylic acids is 2. The number of allylic oxidation sites excluding steroid dienone is 2. The lowest BCUT2D eigenvalue weighted by Crippen LogP contribution is -2.32. The Morgan fingerprint density at radius 2 is 1.60 bits per heavy atom. The van der Waals surface area contributed by atoms with Crippen LogP contribution in [0.2, 0.25) is 0 Å². The molecule has 210 valence electrons. The molecule has 3 aromatic rings. The lowest BCUT2D eigenvalue weighted by Gasteiger charge is -2.31. The molecule has 4 rings (SSSR count). The van der Waals surface area contributed by atoms with Crippen LogP contribution in [0.25, 0.3) is 11.3 Å². The summed E-state index contributed by atoms with van der Waals surface area (Å²) in [6.07, 6.45) is 0. The van der Waals surface area contributed by atoms with Crippen molar-refractivity contribution in [2.45, 2.75) is 33.6 Å². The Labute approximate surface area is 237 Å². The van der Waals surface area contributed by atoms with Gasteiger partial charge in [-0.1, -0.05) is 18.2 Å². The van der Waals surface area contributed by atoms with Gasteiger partial charge in [0.15, 0.2) is 5.13 Å². The Kier molecular flexibility index (Phi) is 9.11. The Bertz CT molecular complexity index is 1440. The van der Waals surface area contributed by atoms with Gasteiger partial charge in [-0.25, -0.2) is 14.6 Å². The summed E-state index contributed by atoms with van der Waals surface area (Å²) < 4.78 is 21.8. The maximum Gasteiger partial charge on any atom is 0.336 e. The van der Waals surface area contributed by atoms with Gasteiger partial charge < -0.3 is 29.6 Å². The second-order valence-corrected chi connectivity index (χ2v) is 9.75. The Hall–Kier alpha value is -4.31. The topological polar surface area (TPSA) is 108 Å². The summed E-state index contributed by atoms with van der Waals surface area (Å²) in [6, 6.07) is 13.1. The van der Waals surface area contributed by atoms with Crippen molar-refractivity contribution in [3.05, 3.63) is 75.9 Å². The van der Waals surface area contributed by atoms with Crippen LogP contribution in [0.5, 0.6) is 11.5 Å². The van der Waals surface area contributed by atoms with Crippen molar-refractivity contribution < 1.29 is 28.5 Å². The number of anilines is 2. The van der Waals surface area contributed by atoms with Crippen molar-refractivity contribution in [2.24, 2.45) is 0 Å². The smallest absolute Gasteiger partial charge is 0.336 e. The number of carbonyl (C=O) groups is 2. The minimum absolute atomic E-state index is 0.204. The van der Waals surface area contributed by atoms with E-state index in [0.29, 0.717) is 56.1 Å². The average molecular weight is 564 g/mol. The van der Waals surface area contributed by atoms with E-state index in [2.05, 4.69) is 10.6 Å². The van der Waals surface area contributed by atoms with Crippen molar-refractivity contribution in [3.8, 4) is 22.8 Å². The second kappa shape index (κ2) is 12.7. The minimum Gasteiger partial charge on any atom is -0.497 e. The number of nitrogens with zero attached hydrogens (tertiary/aromatic N) is 1. The van der Waals surface area contributed by atoms with E-state index < -0.39 is 17.9 Å². The highest BCUT2D eigenvalue weighted by atomic mass is 32.1. The monoisotopic (exact) mass is 563 g/mol. The fourth-order valence-electron chi connectivity index (χ4n) is 4.71. The third kappa shape index (κ3) is 5.81. The molecule has 1 aromatic heterocycles. The first-order chi connectivity index (χ1) is 19.3. The van der Waals surface area contributed by atoms with Crippen LogP contribution in [0, 0.1) is 0 Å². The number of methoxy groups -OCH3 is 2. The van der Waals surface area contributed by atoms with Crippen LogP contribution >= 0.6 is 11.3 Å².